The average Bonchev–Trinajstić information content (AvgIpc) is 2.90. The van der Waals surface area contributed by atoms with Gasteiger partial charge in [-0.05, 0) is 48.7 Å². The Bertz CT molecular complexity index is 854. The molecule has 1 saturated heterocycles. The standard InChI is InChI=1S/C21H25FN4O2/c1-15-3-8-18(13-19(15)20(23)27)24-21(28)26-10-2-9-25(11-12-26)14-16-4-6-17(22)7-5-16/h3-8,13H,2,9-12,14H2,1H3,(H2,23,27)(H,24,28). The van der Waals surface area contributed by atoms with Gasteiger partial charge in [-0.15, -0.1) is 0 Å². The average molecular weight is 384 g/mol. The number of halogens is 1. The van der Waals surface area contributed by atoms with Crippen LogP contribution in [0.1, 0.15) is 27.9 Å². The Morgan fingerprint density at radius 1 is 1.07 bits per heavy atom. The molecule has 0 bridgehead atoms. The Balaban J connectivity index is 1.57. The van der Waals surface area contributed by atoms with Crippen LogP contribution in [0.4, 0.5) is 14.9 Å². The van der Waals surface area contributed by atoms with Crippen molar-refractivity contribution >= 4 is 17.6 Å². The quantitative estimate of drug-likeness (QED) is 0.851. The van der Waals surface area contributed by atoms with Crippen molar-refractivity contribution in [1.82, 2.24) is 9.80 Å². The molecule has 28 heavy (non-hydrogen) atoms. The number of hydrogen-bond donors (Lipinski definition) is 2. The minimum atomic E-state index is -0.514. The van der Waals surface area contributed by atoms with Crippen molar-refractivity contribution in [3.8, 4) is 0 Å². The van der Waals surface area contributed by atoms with Crippen molar-refractivity contribution in [3.05, 3.63) is 65.0 Å². The van der Waals surface area contributed by atoms with Crippen LogP contribution in [0.25, 0.3) is 0 Å². The zero-order chi connectivity index (χ0) is 20.1. The molecule has 2 aromatic carbocycles. The molecule has 1 aliphatic heterocycles. The first-order valence-electron chi connectivity index (χ1n) is 9.35. The minimum Gasteiger partial charge on any atom is -0.366 e. The molecular weight excluding hydrogens is 359 g/mol. The number of benzene rings is 2. The lowest BCUT2D eigenvalue weighted by Gasteiger charge is -2.22. The summed E-state index contributed by atoms with van der Waals surface area (Å²) in [5.41, 5.74) is 8.16. The third kappa shape index (κ3) is 5.07. The van der Waals surface area contributed by atoms with Gasteiger partial charge in [0.2, 0.25) is 5.91 Å². The van der Waals surface area contributed by atoms with Gasteiger partial charge >= 0.3 is 6.03 Å². The largest absolute Gasteiger partial charge is 0.366 e. The lowest BCUT2D eigenvalue weighted by atomic mass is 10.1. The van der Waals surface area contributed by atoms with E-state index < -0.39 is 5.91 Å². The number of anilines is 1. The maximum absolute atomic E-state index is 13.1. The smallest absolute Gasteiger partial charge is 0.321 e. The molecule has 3 rings (SSSR count). The van der Waals surface area contributed by atoms with Crippen LogP contribution < -0.4 is 11.1 Å². The summed E-state index contributed by atoms with van der Waals surface area (Å²) in [5, 5.41) is 2.85. The SMILES string of the molecule is Cc1ccc(NC(=O)N2CCCN(Cc3ccc(F)cc3)CC2)cc1C(N)=O. The number of urea groups is 1. The Morgan fingerprint density at radius 2 is 1.82 bits per heavy atom. The lowest BCUT2D eigenvalue weighted by molar-refractivity contribution is 0.0999. The number of nitrogens with two attached hydrogens (primary N) is 1. The van der Waals surface area contributed by atoms with Crippen molar-refractivity contribution in [1.29, 1.82) is 0 Å². The van der Waals surface area contributed by atoms with Gasteiger partial charge in [0.15, 0.2) is 0 Å². The third-order valence-corrected chi connectivity index (χ3v) is 4.95. The molecule has 3 amide bonds. The molecule has 1 fully saturated rings. The maximum atomic E-state index is 13.1. The summed E-state index contributed by atoms with van der Waals surface area (Å²) in [6.45, 7) is 5.40. The van der Waals surface area contributed by atoms with Crippen molar-refractivity contribution < 1.29 is 14.0 Å². The molecule has 0 atom stereocenters. The van der Waals surface area contributed by atoms with Gasteiger partial charge in [0.05, 0.1) is 0 Å². The van der Waals surface area contributed by atoms with E-state index in [0.717, 1.165) is 37.2 Å². The van der Waals surface area contributed by atoms with E-state index in [1.807, 2.05) is 0 Å². The topological polar surface area (TPSA) is 78.7 Å². The fourth-order valence-electron chi connectivity index (χ4n) is 3.35. The number of amides is 3. The normalized spacial score (nSPS) is 15.1. The zero-order valence-electron chi connectivity index (χ0n) is 16.0. The predicted octanol–water partition coefficient (Wildman–Crippen LogP) is 2.97. The number of nitrogens with zero attached hydrogens (tertiary/aromatic N) is 2. The molecule has 0 aromatic heterocycles. The van der Waals surface area contributed by atoms with Gasteiger partial charge in [-0.3, -0.25) is 9.69 Å². The van der Waals surface area contributed by atoms with Crippen LogP contribution in [0.3, 0.4) is 0 Å². The first-order chi connectivity index (χ1) is 13.4. The van der Waals surface area contributed by atoms with Crippen molar-refractivity contribution in [2.24, 2.45) is 5.73 Å². The molecule has 148 valence electrons. The third-order valence-electron chi connectivity index (χ3n) is 4.95. The van der Waals surface area contributed by atoms with E-state index in [9.17, 15) is 14.0 Å². The van der Waals surface area contributed by atoms with Crippen LogP contribution >= 0.6 is 0 Å². The van der Waals surface area contributed by atoms with Crippen LogP contribution in [0.2, 0.25) is 0 Å². The second-order valence-electron chi connectivity index (χ2n) is 7.07. The Morgan fingerprint density at radius 3 is 2.54 bits per heavy atom. The van der Waals surface area contributed by atoms with Gasteiger partial charge in [-0.25, -0.2) is 9.18 Å². The van der Waals surface area contributed by atoms with E-state index in [2.05, 4.69) is 10.2 Å². The zero-order valence-corrected chi connectivity index (χ0v) is 16.0. The summed E-state index contributed by atoms with van der Waals surface area (Å²) in [7, 11) is 0. The molecule has 6 nitrogen and oxygen atoms in total. The maximum Gasteiger partial charge on any atom is 0.321 e. The number of nitrogens with one attached hydrogen (secondary N) is 1. The second kappa shape index (κ2) is 8.84. The van der Waals surface area contributed by atoms with Crippen LogP contribution in [0.5, 0.6) is 0 Å². The van der Waals surface area contributed by atoms with E-state index in [4.69, 9.17) is 5.73 Å². The van der Waals surface area contributed by atoms with Crippen LogP contribution in [-0.2, 0) is 6.54 Å². The monoisotopic (exact) mass is 384 g/mol. The van der Waals surface area contributed by atoms with Crippen molar-refractivity contribution in [2.75, 3.05) is 31.5 Å². The highest BCUT2D eigenvalue weighted by Gasteiger charge is 2.19. The van der Waals surface area contributed by atoms with Gasteiger partial charge < -0.3 is 16.0 Å². The number of hydrogen-bond acceptors (Lipinski definition) is 3. The summed E-state index contributed by atoms with van der Waals surface area (Å²) >= 11 is 0. The van der Waals surface area contributed by atoms with E-state index in [1.54, 1.807) is 42.2 Å². The lowest BCUT2D eigenvalue weighted by Crippen LogP contribution is -2.38. The molecule has 3 N–H and O–H groups in total. The molecule has 0 saturated carbocycles. The first-order valence-corrected chi connectivity index (χ1v) is 9.35. The van der Waals surface area contributed by atoms with E-state index in [0.29, 0.717) is 24.3 Å². The first kappa shape index (κ1) is 19.8. The molecule has 2 aromatic rings. The van der Waals surface area contributed by atoms with Gasteiger partial charge in [0.25, 0.3) is 0 Å². The van der Waals surface area contributed by atoms with Gasteiger partial charge in [0.1, 0.15) is 5.82 Å². The van der Waals surface area contributed by atoms with E-state index >= 15 is 0 Å². The van der Waals surface area contributed by atoms with E-state index in [1.165, 1.54) is 12.1 Å². The summed E-state index contributed by atoms with van der Waals surface area (Å²) < 4.78 is 13.1. The fourth-order valence-corrected chi connectivity index (χ4v) is 3.35. The summed E-state index contributed by atoms with van der Waals surface area (Å²) in [6, 6.07) is 11.5. The number of rotatable bonds is 4. The highest BCUT2D eigenvalue weighted by atomic mass is 19.1. The van der Waals surface area contributed by atoms with Crippen molar-refractivity contribution in [3.63, 3.8) is 0 Å². The van der Waals surface area contributed by atoms with Crippen LogP contribution in [0.15, 0.2) is 42.5 Å². The Labute approximate surface area is 164 Å². The van der Waals surface area contributed by atoms with Crippen LogP contribution in [0, 0.1) is 12.7 Å². The highest BCUT2D eigenvalue weighted by Crippen LogP contribution is 2.16. The van der Waals surface area contributed by atoms with Gasteiger partial charge in [-0.2, -0.15) is 0 Å². The summed E-state index contributed by atoms with van der Waals surface area (Å²) in [6.07, 6.45) is 0.856. The van der Waals surface area contributed by atoms with Crippen LogP contribution in [-0.4, -0.2) is 47.9 Å². The van der Waals surface area contributed by atoms with E-state index in [-0.39, 0.29) is 11.8 Å². The summed E-state index contributed by atoms with van der Waals surface area (Å²) in [5.74, 6) is -0.752. The number of primary amides is 1. The number of carbonyl (C=O) groups is 2. The molecule has 7 heteroatoms. The molecule has 0 unspecified atom stereocenters. The molecule has 1 aliphatic rings. The summed E-state index contributed by atoms with van der Waals surface area (Å²) in [4.78, 5) is 28.1. The predicted molar refractivity (Wildman–Crippen MR) is 107 cm³/mol. The molecule has 1 heterocycles. The molecular formula is C21H25FN4O2. The van der Waals surface area contributed by atoms with Gasteiger partial charge in [-0.1, -0.05) is 18.2 Å². The minimum absolute atomic E-state index is 0.192. The van der Waals surface area contributed by atoms with Gasteiger partial charge in [0, 0.05) is 44.0 Å². The Hall–Kier alpha value is -2.93. The molecule has 0 spiro atoms. The molecule has 0 radical (unpaired) electrons. The number of aryl methyl sites for hydroxylation is 1. The second-order valence-corrected chi connectivity index (χ2v) is 7.07. The fraction of sp³-hybridized carbons (Fsp3) is 0.333. The highest BCUT2D eigenvalue weighted by molar-refractivity contribution is 5.97. The molecule has 0 aliphatic carbocycles. The Kier molecular flexibility index (Phi) is 6.26. The number of carbonyl (C=O) groups excluding carboxylic acids is 2. The van der Waals surface area contributed by atoms with Crippen molar-refractivity contribution in [2.45, 2.75) is 19.9 Å².